The summed E-state index contributed by atoms with van der Waals surface area (Å²) in [6, 6.07) is 20.7. The van der Waals surface area contributed by atoms with Gasteiger partial charge in [0, 0.05) is 43.1 Å². The molecule has 2 aliphatic heterocycles. The third-order valence-corrected chi connectivity index (χ3v) is 9.07. The second-order valence-electron chi connectivity index (χ2n) is 12.6. The van der Waals surface area contributed by atoms with E-state index in [4.69, 9.17) is 32.9 Å². The Hall–Kier alpha value is -3.55. The maximum absolute atomic E-state index is 14.8. The zero-order valence-electron chi connectivity index (χ0n) is 26.2. The Labute approximate surface area is 270 Å². The lowest BCUT2D eigenvalue weighted by Crippen LogP contribution is -2.55. The van der Waals surface area contributed by atoms with Gasteiger partial charge < -0.3 is 14.5 Å². The average molecular weight is 636 g/mol. The third kappa shape index (κ3) is 6.18. The van der Waals surface area contributed by atoms with Gasteiger partial charge in [0.05, 0.1) is 18.2 Å². The molecule has 0 bridgehead atoms. The lowest BCUT2D eigenvalue weighted by atomic mass is 9.81. The van der Waals surface area contributed by atoms with E-state index in [1.54, 1.807) is 11.8 Å². The molecule has 0 saturated carbocycles. The molecule has 0 N–H and O–H groups in total. The van der Waals surface area contributed by atoms with E-state index in [1.165, 1.54) is 0 Å². The Bertz CT molecular complexity index is 1560. The van der Waals surface area contributed by atoms with Crippen molar-refractivity contribution in [2.24, 2.45) is 4.99 Å². The molecule has 3 aromatic carbocycles. The second-order valence-corrected chi connectivity index (χ2v) is 13.5. The van der Waals surface area contributed by atoms with Crippen LogP contribution in [0.1, 0.15) is 69.8 Å². The van der Waals surface area contributed by atoms with Gasteiger partial charge >= 0.3 is 6.03 Å². The van der Waals surface area contributed by atoms with Crippen LogP contribution in [0.5, 0.6) is 5.75 Å². The summed E-state index contributed by atoms with van der Waals surface area (Å²) in [6.45, 7) is 14.3. The first-order valence-electron chi connectivity index (χ1n) is 15.1. The van der Waals surface area contributed by atoms with E-state index in [9.17, 15) is 9.59 Å². The Morgan fingerprint density at radius 1 is 0.909 bits per heavy atom. The molecule has 7 nitrogen and oxygen atoms in total. The highest BCUT2D eigenvalue weighted by atomic mass is 35.5. The number of amidine groups is 1. The monoisotopic (exact) mass is 634 g/mol. The fourth-order valence-electron chi connectivity index (χ4n) is 6.04. The summed E-state index contributed by atoms with van der Waals surface area (Å²) in [4.78, 5) is 37.6. The minimum absolute atomic E-state index is 0.00942. The van der Waals surface area contributed by atoms with Gasteiger partial charge in [-0.2, -0.15) is 0 Å². The van der Waals surface area contributed by atoms with Crippen LogP contribution in [0.25, 0.3) is 0 Å². The van der Waals surface area contributed by atoms with Gasteiger partial charge in [-0.15, -0.1) is 0 Å². The first-order chi connectivity index (χ1) is 20.8. The quantitative estimate of drug-likeness (QED) is 0.289. The van der Waals surface area contributed by atoms with Crippen LogP contribution in [0.15, 0.2) is 71.7 Å². The average Bonchev–Trinajstić information content (AvgIpc) is 3.31. The van der Waals surface area contributed by atoms with Crippen LogP contribution in [0.4, 0.5) is 4.79 Å². The third-order valence-electron chi connectivity index (χ3n) is 8.56. The Morgan fingerprint density at radius 3 is 2.02 bits per heavy atom. The number of rotatable bonds is 5. The maximum Gasteiger partial charge on any atom is 0.326 e. The first kappa shape index (κ1) is 31.9. The van der Waals surface area contributed by atoms with Crippen molar-refractivity contribution in [2.45, 2.75) is 58.5 Å². The van der Waals surface area contributed by atoms with Gasteiger partial charge in [-0.25, -0.2) is 4.79 Å². The number of carbonyl (C=O) groups excluding carboxylic acids is 2. The molecule has 0 unspecified atom stereocenters. The van der Waals surface area contributed by atoms with Crippen LogP contribution in [-0.4, -0.2) is 65.3 Å². The second kappa shape index (κ2) is 12.4. The van der Waals surface area contributed by atoms with Gasteiger partial charge in [0.15, 0.2) is 0 Å². The lowest BCUT2D eigenvalue weighted by Gasteiger charge is -2.40. The van der Waals surface area contributed by atoms with E-state index >= 15 is 0 Å². The lowest BCUT2D eigenvalue weighted by molar-refractivity contribution is -0.130. The molecule has 0 aliphatic carbocycles. The van der Waals surface area contributed by atoms with Gasteiger partial charge in [0.1, 0.15) is 17.1 Å². The summed E-state index contributed by atoms with van der Waals surface area (Å²) in [5, 5.41) is 1.23. The summed E-state index contributed by atoms with van der Waals surface area (Å²) in [5.74, 6) is 1.22. The SMILES string of the molecule is CCOc1cc(C(C)(C)C)ccc1C1=N[C@@](C)(c2ccc(Cl)cc2)[C@@H](c2ccc(Cl)cc2)N1C(=O)N1CCN(C(C)=O)CC1. The fourth-order valence-corrected chi connectivity index (χ4v) is 6.29. The highest BCUT2D eigenvalue weighted by Crippen LogP contribution is 2.50. The molecule has 44 heavy (non-hydrogen) atoms. The van der Waals surface area contributed by atoms with Crippen LogP contribution in [-0.2, 0) is 15.7 Å². The number of halogens is 2. The highest BCUT2D eigenvalue weighted by molar-refractivity contribution is 6.30. The molecule has 5 rings (SSSR count). The van der Waals surface area contributed by atoms with E-state index in [2.05, 4.69) is 39.8 Å². The number of aliphatic imine (C=N–C) groups is 1. The minimum Gasteiger partial charge on any atom is -0.493 e. The summed E-state index contributed by atoms with van der Waals surface area (Å²) < 4.78 is 6.23. The number of ether oxygens (including phenoxy) is 1. The Morgan fingerprint density at radius 2 is 1.48 bits per heavy atom. The van der Waals surface area contributed by atoms with Crippen LogP contribution in [0, 0.1) is 0 Å². The number of benzene rings is 3. The van der Waals surface area contributed by atoms with Crippen molar-refractivity contribution in [3.63, 3.8) is 0 Å². The van der Waals surface area contributed by atoms with Crippen molar-refractivity contribution in [2.75, 3.05) is 32.8 Å². The van der Waals surface area contributed by atoms with Crippen LogP contribution in [0.3, 0.4) is 0 Å². The molecule has 2 atom stereocenters. The van der Waals surface area contributed by atoms with Crippen molar-refractivity contribution < 1.29 is 14.3 Å². The normalized spacial score (nSPS) is 20.5. The summed E-state index contributed by atoms with van der Waals surface area (Å²) in [7, 11) is 0. The van der Waals surface area contributed by atoms with Gasteiger partial charge in [0.2, 0.25) is 5.91 Å². The predicted molar refractivity (Wildman–Crippen MR) is 177 cm³/mol. The van der Waals surface area contributed by atoms with Gasteiger partial charge in [-0.1, -0.05) is 74.3 Å². The molecule has 9 heteroatoms. The number of urea groups is 1. The van der Waals surface area contributed by atoms with E-state index < -0.39 is 11.6 Å². The van der Waals surface area contributed by atoms with E-state index in [1.807, 2.05) is 71.3 Å². The van der Waals surface area contributed by atoms with Crippen molar-refractivity contribution in [3.8, 4) is 5.75 Å². The predicted octanol–water partition coefficient (Wildman–Crippen LogP) is 7.69. The van der Waals surface area contributed by atoms with Crippen molar-refractivity contribution in [1.82, 2.24) is 14.7 Å². The molecule has 2 aliphatic rings. The standard InChI is InChI=1S/C35H40Cl2N4O3/c1-7-44-30-22-26(34(3,4)5)12-17-29(30)32-38-35(6,25-10-15-28(37)16-11-25)31(24-8-13-27(36)14-9-24)41(32)33(43)40-20-18-39(19-21-40)23(2)42/h8-17,22,31H,7,18-21H2,1-6H3/t31-,35+/m1/s1. The summed E-state index contributed by atoms with van der Waals surface area (Å²) in [6.07, 6.45) is 0. The molecular formula is C35H40Cl2N4O3. The van der Waals surface area contributed by atoms with E-state index in [0.29, 0.717) is 54.4 Å². The number of piperazine rings is 1. The molecule has 0 spiro atoms. The minimum atomic E-state index is -0.878. The zero-order valence-corrected chi connectivity index (χ0v) is 27.7. The van der Waals surface area contributed by atoms with Gasteiger partial charge in [0.25, 0.3) is 0 Å². The number of nitrogens with zero attached hydrogens (tertiary/aromatic N) is 4. The van der Waals surface area contributed by atoms with E-state index in [0.717, 1.165) is 22.3 Å². The molecule has 1 fully saturated rings. The highest BCUT2D eigenvalue weighted by Gasteiger charge is 2.52. The largest absolute Gasteiger partial charge is 0.493 e. The molecule has 0 radical (unpaired) electrons. The topological polar surface area (TPSA) is 65.5 Å². The zero-order chi connectivity index (χ0) is 31.8. The molecule has 1 saturated heterocycles. The molecule has 0 aromatic heterocycles. The summed E-state index contributed by atoms with van der Waals surface area (Å²) >= 11 is 12.6. The van der Waals surface area contributed by atoms with Crippen LogP contribution >= 0.6 is 23.2 Å². The van der Waals surface area contributed by atoms with E-state index in [-0.39, 0.29) is 17.4 Å². The Kier molecular flexibility index (Phi) is 9.01. The van der Waals surface area contributed by atoms with Gasteiger partial charge in [-0.05, 0) is 72.4 Å². The Balaban J connectivity index is 1.72. The van der Waals surface area contributed by atoms with Gasteiger partial charge in [-0.3, -0.25) is 14.7 Å². The van der Waals surface area contributed by atoms with Crippen molar-refractivity contribution in [3.05, 3.63) is 99.0 Å². The van der Waals surface area contributed by atoms with Crippen molar-refractivity contribution >= 4 is 41.0 Å². The molecular weight excluding hydrogens is 595 g/mol. The summed E-state index contributed by atoms with van der Waals surface area (Å²) in [5.41, 5.74) is 2.70. The molecule has 2 heterocycles. The molecule has 3 aromatic rings. The molecule has 3 amide bonds. The van der Waals surface area contributed by atoms with Crippen molar-refractivity contribution in [1.29, 1.82) is 0 Å². The fraction of sp³-hybridized carbons (Fsp3) is 0.400. The van der Waals surface area contributed by atoms with Crippen LogP contribution < -0.4 is 4.74 Å². The number of carbonyl (C=O) groups is 2. The number of hydrogen-bond donors (Lipinski definition) is 0. The van der Waals surface area contributed by atoms with Crippen LogP contribution in [0.2, 0.25) is 10.0 Å². The molecule has 232 valence electrons. The number of hydrogen-bond acceptors (Lipinski definition) is 4. The number of amides is 3. The smallest absolute Gasteiger partial charge is 0.326 e. The first-order valence-corrected chi connectivity index (χ1v) is 15.8. The maximum atomic E-state index is 14.8.